The van der Waals surface area contributed by atoms with Gasteiger partial charge >= 0.3 is 6.03 Å². The Hall–Kier alpha value is -2.71. The lowest BCUT2D eigenvalue weighted by Crippen LogP contribution is -2.52. The number of hydrogen-bond donors (Lipinski definition) is 1. The number of aromatic nitrogens is 4. The molecular formula is C16H23N7O2. The molecule has 3 heterocycles. The zero-order valence-corrected chi connectivity index (χ0v) is 14.6. The third-order valence-corrected chi connectivity index (χ3v) is 4.02. The standard InChI is InChI=1S/C16H23N7O2/c1-12(2)14-20-13(25-21-14)4-7-19-16(24)23-10-8-22(9-11-23)15-17-5-3-6-18-15/h3,5-6,12H,4,7-11H2,1-2H3,(H,19,24). The van der Waals surface area contributed by atoms with E-state index in [0.717, 1.165) is 13.1 Å². The Balaban J connectivity index is 1.40. The van der Waals surface area contributed by atoms with Crippen LogP contribution in [-0.4, -0.2) is 63.8 Å². The molecule has 1 N–H and O–H groups in total. The highest BCUT2D eigenvalue weighted by atomic mass is 16.5. The number of rotatable bonds is 5. The van der Waals surface area contributed by atoms with Crippen LogP contribution in [0.1, 0.15) is 31.5 Å². The van der Waals surface area contributed by atoms with Crippen molar-refractivity contribution in [3.05, 3.63) is 30.2 Å². The van der Waals surface area contributed by atoms with Gasteiger partial charge in [-0.1, -0.05) is 19.0 Å². The minimum Gasteiger partial charge on any atom is -0.339 e. The van der Waals surface area contributed by atoms with Crippen LogP contribution in [0.3, 0.4) is 0 Å². The summed E-state index contributed by atoms with van der Waals surface area (Å²) in [5.74, 6) is 2.19. The van der Waals surface area contributed by atoms with Crippen LogP contribution in [-0.2, 0) is 6.42 Å². The molecule has 1 aliphatic rings. The van der Waals surface area contributed by atoms with E-state index < -0.39 is 0 Å². The van der Waals surface area contributed by atoms with Crippen molar-refractivity contribution in [3.63, 3.8) is 0 Å². The van der Waals surface area contributed by atoms with Gasteiger partial charge in [-0.2, -0.15) is 4.98 Å². The second-order valence-corrected chi connectivity index (χ2v) is 6.21. The molecule has 1 saturated heterocycles. The van der Waals surface area contributed by atoms with Crippen LogP contribution in [0.25, 0.3) is 0 Å². The highest BCUT2D eigenvalue weighted by Crippen LogP contribution is 2.11. The molecule has 0 radical (unpaired) electrons. The van der Waals surface area contributed by atoms with Crippen molar-refractivity contribution in [1.82, 2.24) is 30.3 Å². The number of carbonyl (C=O) groups excluding carboxylic acids is 1. The fraction of sp³-hybridized carbons (Fsp3) is 0.562. The lowest BCUT2D eigenvalue weighted by atomic mass is 10.2. The summed E-state index contributed by atoms with van der Waals surface area (Å²) < 4.78 is 5.17. The molecule has 2 aromatic heterocycles. The maximum Gasteiger partial charge on any atom is 0.317 e. The van der Waals surface area contributed by atoms with Gasteiger partial charge in [0.15, 0.2) is 5.82 Å². The molecule has 0 bridgehead atoms. The molecule has 0 aromatic carbocycles. The number of hydrogen-bond acceptors (Lipinski definition) is 7. The van der Waals surface area contributed by atoms with Gasteiger partial charge in [0, 0.05) is 57.5 Å². The maximum absolute atomic E-state index is 12.2. The molecule has 134 valence electrons. The van der Waals surface area contributed by atoms with Crippen molar-refractivity contribution in [2.75, 3.05) is 37.6 Å². The van der Waals surface area contributed by atoms with E-state index >= 15 is 0 Å². The summed E-state index contributed by atoms with van der Waals surface area (Å²) in [5, 5.41) is 6.82. The molecule has 3 rings (SSSR count). The molecule has 9 heteroatoms. The first kappa shape index (κ1) is 17.1. The smallest absolute Gasteiger partial charge is 0.317 e. The van der Waals surface area contributed by atoms with Gasteiger partial charge in [-0.15, -0.1) is 0 Å². The number of nitrogens with one attached hydrogen (secondary N) is 1. The topological polar surface area (TPSA) is 100 Å². The number of amides is 2. The predicted molar refractivity (Wildman–Crippen MR) is 91.3 cm³/mol. The van der Waals surface area contributed by atoms with E-state index in [1.54, 1.807) is 23.4 Å². The molecule has 0 spiro atoms. The minimum atomic E-state index is -0.0720. The van der Waals surface area contributed by atoms with Crippen LogP contribution < -0.4 is 10.2 Å². The first-order valence-electron chi connectivity index (χ1n) is 8.50. The second-order valence-electron chi connectivity index (χ2n) is 6.21. The van der Waals surface area contributed by atoms with Gasteiger partial charge in [0.25, 0.3) is 0 Å². The van der Waals surface area contributed by atoms with E-state index in [0.29, 0.717) is 43.7 Å². The SMILES string of the molecule is CC(C)c1noc(CCNC(=O)N2CCN(c3ncccn3)CC2)n1. The van der Waals surface area contributed by atoms with Crippen molar-refractivity contribution in [1.29, 1.82) is 0 Å². The fourth-order valence-electron chi connectivity index (χ4n) is 2.56. The van der Waals surface area contributed by atoms with Gasteiger partial charge in [-0.3, -0.25) is 0 Å². The van der Waals surface area contributed by atoms with Crippen LogP contribution in [0.5, 0.6) is 0 Å². The zero-order valence-electron chi connectivity index (χ0n) is 14.6. The van der Waals surface area contributed by atoms with E-state index in [1.807, 2.05) is 13.8 Å². The third kappa shape index (κ3) is 4.43. The molecule has 0 atom stereocenters. The fourth-order valence-corrected chi connectivity index (χ4v) is 2.56. The van der Waals surface area contributed by atoms with Crippen LogP contribution in [0.15, 0.2) is 23.0 Å². The number of piperazine rings is 1. The van der Waals surface area contributed by atoms with Crippen LogP contribution in [0.2, 0.25) is 0 Å². The molecule has 2 amide bonds. The molecule has 9 nitrogen and oxygen atoms in total. The highest BCUT2D eigenvalue weighted by molar-refractivity contribution is 5.74. The van der Waals surface area contributed by atoms with E-state index in [9.17, 15) is 4.79 Å². The first-order chi connectivity index (χ1) is 12.1. The van der Waals surface area contributed by atoms with Crippen LogP contribution in [0, 0.1) is 0 Å². The Morgan fingerprint density at radius 2 is 1.96 bits per heavy atom. The van der Waals surface area contributed by atoms with Gasteiger partial charge in [0.05, 0.1) is 0 Å². The molecule has 25 heavy (non-hydrogen) atoms. The van der Waals surface area contributed by atoms with Crippen molar-refractivity contribution >= 4 is 12.0 Å². The largest absolute Gasteiger partial charge is 0.339 e. The Kier molecular flexibility index (Phi) is 5.42. The van der Waals surface area contributed by atoms with Gasteiger partial charge < -0.3 is 19.6 Å². The average Bonchev–Trinajstić information content (AvgIpc) is 3.12. The van der Waals surface area contributed by atoms with Crippen molar-refractivity contribution in [3.8, 4) is 0 Å². The Bertz CT molecular complexity index is 681. The summed E-state index contributed by atoms with van der Waals surface area (Å²) in [6.45, 7) is 7.22. The van der Waals surface area contributed by atoms with Gasteiger partial charge in [0.2, 0.25) is 11.8 Å². The number of urea groups is 1. The lowest BCUT2D eigenvalue weighted by Gasteiger charge is -2.34. The average molecular weight is 345 g/mol. The molecular weight excluding hydrogens is 322 g/mol. The molecule has 0 aliphatic carbocycles. The van der Waals surface area contributed by atoms with E-state index in [2.05, 4.69) is 30.3 Å². The number of nitrogens with zero attached hydrogens (tertiary/aromatic N) is 6. The predicted octanol–water partition coefficient (Wildman–Crippen LogP) is 1.06. The van der Waals surface area contributed by atoms with Gasteiger partial charge in [-0.05, 0) is 6.07 Å². The number of carbonyl (C=O) groups is 1. The molecule has 0 unspecified atom stereocenters. The van der Waals surface area contributed by atoms with E-state index in [4.69, 9.17) is 4.52 Å². The third-order valence-electron chi connectivity index (χ3n) is 4.02. The molecule has 1 fully saturated rings. The second kappa shape index (κ2) is 7.91. The Morgan fingerprint density at radius 3 is 2.60 bits per heavy atom. The maximum atomic E-state index is 12.2. The first-order valence-corrected chi connectivity index (χ1v) is 8.50. The summed E-state index contributed by atoms with van der Waals surface area (Å²) in [5.41, 5.74) is 0. The summed E-state index contributed by atoms with van der Waals surface area (Å²) in [6, 6.07) is 1.72. The number of anilines is 1. The van der Waals surface area contributed by atoms with Crippen molar-refractivity contribution in [2.45, 2.75) is 26.2 Å². The Labute approximate surface area is 146 Å². The zero-order chi connectivity index (χ0) is 17.6. The summed E-state index contributed by atoms with van der Waals surface area (Å²) in [7, 11) is 0. The van der Waals surface area contributed by atoms with Gasteiger partial charge in [0.1, 0.15) is 0 Å². The van der Waals surface area contributed by atoms with E-state index in [-0.39, 0.29) is 11.9 Å². The van der Waals surface area contributed by atoms with Crippen molar-refractivity contribution < 1.29 is 9.32 Å². The summed E-state index contributed by atoms with van der Waals surface area (Å²) in [4.78, 5) is 28.9. The quantitative estimate of drug-likeness (QED) is 0.864. The summed E-state index contributed by atoms with van der Waals surface area (Å²) in [6.07, 6.45) is 3.98. The summed E-state index contributed by atoms with van der Waals surface area (Å²) >= 11 is 0. The van der Waals surface area contributed by atoms with Crippen LogP contribution >= 0.6 is 0 Å². The normalized spacial score (nSPS) is 14.8. The Morgan fingerprint density at radius 1 is 1.24 bits per heavy atom. The lowest BCUT2D eigenvalue weighted by molar-refractivity contribution is 0.194. The van der Waals surface area contributed by atoms with Crippen LogP contribution in [0.4, 0.5) is 10.7 Å². The van der Waals surface area contributed by atoms with Crippen molar-refractivity contribution in [2.24, 2.45) is 0 Å². The molecule has 2 aromatic rings. The molecule has 1 aliphatic heterocycles. The molecule has 0 saturated carbocycles. The van der Waals surface area contributed by atoms with E-state index in [1.165, 1.54) is 0 Å². The van der Waals surface area contributed by atoms with Gasteiger partial charge in [-0.25, -0.2) is 14.8 Å². The monoisotopic (exact) mass is 345 g/mol. The minimum absolute atomic E-state index is 0.0720. The highest BCUT2D eigenvalue weighted by Gasteiger charge is 2.22.